The normalized spacial score (nSPS) is 14.8. The van der Waals surface area contributed by atoms with Crippen molar-refractivity contribution in [2.75, 3.05) is 4.90 Å². The fourth-order valence-corrected chi connectivity index (χ4v) is 12.4. The number of hydrogen-bond acceptors (Lipinski definition) is 3. The molecule has 0 N–H and O–H groups in total. The molecule has 1 unspecified atom stereocenters. The smallest absolute Gasteiger partial charge is 0.135 e. The number of nitrogens with zero attached hydrogens (tertiary/aromatic N) is 1. The molecular formula is C61H37NOS. The topological polar surface area (TPSA) is 12.5 Å². The predicted octanol–water partition coefficient (Wildman–Crippen LogP) is 17.0. The molecule has 0 radical (unpaired) electrons. The van der Waals surface area contributed by atoms with Crippen molar-refractivity contribution >= 4 is 48.6 Å². The van der Waals surface area contributed by atoms with Gasteiger partial charge in [-0.2, -0.15) is 0 Å². The highest BCUT2D eigenvalue weighted by Crippen LogP contribution is 2.63. The minimum Gasteiger partial charge on any atom is -0.456 e. The van der Waals surface area contributed by atoms with Crippen LogP contribution in [-0.2, 0) is 5.41 Å². The first-order valence-electron chi connectivity index (χ1n) is 22.0. The summed E-state index contributed by atoms with van der Waals surface area (Å²) < 4.78 is 9.37. The Morgan fingerprint density at radius 2 is 0.812 bits per heavy atom. The minimum atomic E-state index is -0.633. The molecule has 2 nitrogen and oxygen atoms in total. The number of para-hydroxylation sites is 2. The van der Waals surface area contributed by atoms with Gasteiger partial charge in [0.25, 0.3) is 0 Å². The molecule has 11 aromatic rings. The van der Waals surface area contributed by atoms with E-state index in [1.807, 2.05) is 17.4 Å². The van der Waals surface area contributed by atoms with E-state index in [2.05, 4.69) is 223 Å². The van der Waals surface area contributed by atoms with Gasteiger partial charge in [-0.1, -0.05) is 158 Å². The van der Waals surface area contributed by atoms with Crippen molar-refractivity contribution in [3.05, 3.63) is 247 Å². The molecule has 3 heteroatoms. The van der Waals surface area contributed by atoms with Crippen molar-refractivity contribution in [2.45, 2.75) is 5.41 Å². The van der Waals surface area contributed by atoms with Crippen molar-refractivity contribution in [1.29, 1.82) is 0 Å². The highest BCUT2D eigenvalue weighted by Gasteiger charge is 2.50. The Labute approximate surface area is 375 Å². The maximum Gasteiger partial charge on any atom is 0.135 e. The zero-order chi connectivity index (χ0) is 41.9. The summed E-state index contributed by atoms with van der Waals surface area (Å²) in [6.45, 7) is 0. The van der Waals surface area contributed by atoms with E-state index < -0.39 is 5.41 Å². The number of rotatable bonds is 3. The molecule has 0 saturated heterocycles. The van der Waals surface area contributed by atoms with Crippen LogP contribution in [0.1, 0.15) is 22.3 Å². The Morgan fingerprint density at radius 3 is 1.56 bits per heavy atom. The van der Waals surface area contributed by atoms with Gasteiger partial charge in [0, 0.05) is 48.4 Å². The van der Waals surface area contributed by atoms with E-state index in [9.17, 15) is 0 Å². The molecule has 0 bridgehead atoms. The maximum atomic E-state index is 6.75. The fraction of sp³-hybridized carbons (Fsp3) is 0.0164. The van der Waals surface area contributed by atoms with Crippen LogP contribution in [0.15, 0.2) is 224 Å². The molecule has 1 spiro atoms. The molecule has 0 amide bonds. The third-order valence-electron chi connectivity index (χ3n) is 13.9. The first-order valence-corrected chi connectivity index (χ1v) is 22.8. The Bertz CT molecular complexity index is 3730. The Balaban J connectivity index is 1.07. The number of fused-ring (bicyclic) bond motifs is 20. The molecule has 3 aliphatic rings. The summed E-state index contributed by atoms with van der Waals surface area (Å²) in [7, 11) is 0. The lowest BCUT2D eigenvalue weighted by atomic mass is 9.65. The largest absolute Gasteiger partial charge is 0.456 e. The van der Waals surface area contributed by atoms with E-state index in [-0.39, 0.29) is 0 Å². The summed E-state index contributed by atoms with van der Waals surface area (Å²) in [5, 5.41) is 2.63. The van der Waals surface area contributed by atoms with Crippen LogP contribution < -0.4 is 9.64 Å². The van der Waals surface area contributed by atoms with Crippen molar-refractivity contribution in [3.63, 3.8) is 0 Å². The second kappa shape index (κ2) is 13.5. The van der Waals surface area contributed by atoms with Gasteiger partial charge in [-0.15, -0.1) is 11.3 Å². The summed E-state index contributed by atoms with van der Waals surface area (Å²) in [5.41, 5.74) is 19.9. The van der Waals surface area contributed by atoms with E-state index in [0.29, 0.717) is 0 Å². The zero-order valence-electron chi connectivity index (χ0n) is 34.6. The molecule has 1 aliphatic heterocycles. The highest BCUT2D eigenvalue weighted by molar-refractivity contribution is 7.25. The quantitative estimate of drug-likeness (QED) is 0.176. The predicted molar refractivity (Wildman–Crippen MR) is 267 cm³/mol. The van der Waals surface area contributed by atoms with Crippen LogP contribution in [-0.4, -0.2) is 0 Å². The Kier molecular flexibility index (Phi) is 7.51. The SMILES string of the molecule is c1ccc(N(c2ccc3c(c2)-c2ccccc2-c2ccccc2O3)c2ccc3c(c2)C2(c4ccccc4-c4ccccc4-3)c3ccccc3-c3cc4c(cc32)sc2ccccc24)cc1. The standard InChI is InChI=1S/C61H37NOS/c1-2-16-38(17-3-1)62(39-31-33-58-51(34-39)44-21-7-6-20-43(44)48-24-10-14-28-57(48)63-58)40-30-32-47-42-19-5-4-18-41(42)45-22-8-12-26-53(45)61(55(47)35-40)54-27-13-9-23-46(54)50-36-52-49-25-11-15-29-59(49)64-60(52)37-56(50)61/h1-37H. The highest BCUT2D eigenvalue weighted by atomic mass is 32.1. The summed E-state index contributed by atoms with van der Waals surface area (Å²) in [4.78, 5) is 2.43. The minimum absolute atomic E-state index is 0.633. The number of hydrogen-bond donors (Lipinski definition) is 0. The Hall–Kier alpha value is -7.98. The van der Waals surface area contributed by atoms with Gasteiger partial charge < -0.3 is 9.64 Å². The fourth-order valence-electron chi connectivity index (χ4n) is 11.3. The lowest BCUT2D eigenvalue weighted by Gasteiger charge is -2.36. The molecule has 298 valence electrons. The molecular weight excluding hydrogens is 795 g/mol. The molecule has 1 aromatic heterocycles. The average Bonchev–Trinajstić information content (AvgIpc) is 3.78. The van der Waals surface area contributed by atoms with Crippen LogP contribution in [0.25, 0.3) is 75.8 Å². The van der Waals surface area contributed by atoms with Gasteiger partial charge >= 0.3 is 0 Å². The van der Waals surface area contributed by atoms with E-state index in [1.54, 1.807) is 0 Å². The lowest BCUT2D eigenvalue weighted by molar-refractivity contribution is 0.488. The summed E-state index contributed by atoms with van der Waals surface area (Å²) >= 11 is 1.90. The van der Waals surface area contributed by atoms with Gasteiger partial charge in [0.2, 0.25) is 0 Å². The van der Waals surface area contributed by atoms with Crippen molar-refractivity contribution in [2.24, 2.45) is 0 Å². The van der Waals surface area contributed by atoms with Gasteiger partial charge in [-0.3, -0.25) is 0 Å². The molecule has 2 heterocycles. The van der Waals surface area contributed by atoms with Crippen LogP contribution in [0, 0.1) is 0 Å². The number of ether oxygens (including phenoxy) is 1. The van der Waals surface area contributed by atoms with E-state index in [4.69, 9.17) is 4.74 Å². The lowest BCUT2D eigenvalue weighted by Crippen LogP contribution is -2.29. The molecule has 0 saturated carbocycles. The first kappa shape index (κ1) is 35.6. The second-order valence-electron chi connectivity index (χ2n) is 17.1. The van der Waals surface area contributed by atoms with Crippen LogP contribution in [0.4, 0.5) is 17.1 Å². The van der Waals surface area contributed by atoms with Crippen molar-refractivity contribution in [3.8, 4) is 67.1 Å². The van der Waals surface area contributed by atoms with Crippen molar-refractivity contribution < 1.29 is 4.74 Å². The number of anilines is 3. The molecule has 1 atom stereocenters. The van der Waals surface area contributed by atoms with Crippen LogP contribution in [0.2, 0.25) is 0 Å². The maximum absolute atomic E-state index is 6.75. The van der Waals surface area contributed by atoms with Crippen molar-refractivity contribution in [1.82, 2.24) is 0 Å². The third kappa shape index (κ3) is 4.90. The first-order chi connectivity index (χ1) is 31.7. The number of thiophene rings is 1. The van der Waals surface area contributed by atoms with Crippen LogP contribution >= 0.6 is 11.3 Å². The van der Waals surface area contributed by atoms with E-state index in [0.717, 1.165) is 50.8 Å². The van der Waals surface area contributed by atoms with E-state index >= 15 is 0 Å². The van der Waals surface area contributed by atoms with Gasteiger partial charge in [-0.25, -0.2) is 0 Å². The van der Waals surface area contributed by atoms with Gasteiger partial charge in [0.15, 0.2) is 0 Å². The van der Waals surface area contributed by atoms with Gasteiger partial charge in [-0.05, 0) is 133 Å². The van der Waals surface area contributed by atoms with Crippen LogP contribution in [0.3, 0.4) is 0 Å². The monoisotopic (exact) mass is 831 g/mol. The van der Waals surface area contributed by atoms with E-state index in [1.165, 1.54) is 75.8 Å². The summed E-state index contributed by atoms with van der Waals surface area (Å²) in [6.07, 6.45) is 0. The molecule has 2 aliphatic carbocycles. The third-order valence-corrected chi connectivity index (χ3v) is 15.0. The summed E-state index contributed by atoms with van der Waals surface area (Å²) in [6, 6.07) is 83.0. The molecule has 64 heavy (non-hydrogen) atoms. The second-order valence-corrected chi connectivity index (χ2v) is 18.2. The number of benzene rings is 10. The van der Waals surface area contributed by atoms with Crippen LogP contribution in [0.5, 0.6) is 11.5 Å². The molecule has 10 aromatic carbocycles. The van der Waals surface area contributed by atoms with Gasteiger partial charge in [0.1, 0.15) is 11.5 Å². The molecule has 0 fully saturated rings. The zero-order valence-corrected chi connectivity index (χ0v) is 35.4. The average molecular weight is 832 g/mol. The molecule has 14 rings (SSSR count). The van der Waals surface area contributed by atoms with Gasteiger partial charge in [0.05, 0.1) is 5.41 Å². The Morgan fingerprint density at radius 1 is 0.297 bits per heavy atom. The summed E-state index contributed by atoms with van der Waals surface area (Å²) in [5.74, 6) is 1.71.